The number of carbonyl (C=O) groups excluding carboxylic acids is 2. The third kappa shape index (κ3) is 3.67. The lowest BCUT2D eigenvalue weighted by molar-refractivity contribution is -0.130. The smallest absolute Gasteiger partial charge is 0.223 e. The maximum atomic E-state index is 12.6. The standard InChI is InChI=1S/C19H25N3O2/c1-14(23)22-11-9-15-6-3-4-8-17(15)18(22)12-19(24)20-16-7-5-10-21(2)13-16/h3-4,6,8-9,11,16,18H,5,7,10,12-13H2,1-2H3,(H,20,24)/t16-,18+/m1/s1. The SMILES string of the molecule is CC(=O)N1C=Cc2ccccc2[C@@H]1CC(=O)N[C@@H]1CCCN(C)C1. The number of likely N-dealkylation sites (tertiary alicyclic amines) is 1. The number of nitrogens with one attached hydrogen (secondary N) is 1. The van der Waals surface area contributed by atoms with E-state index in [1.54, 1.807) is 18.0 Å². The van der Waals surface area contributed by atoms with Crippen molar-refractivity contribution in [3.63, 3.8) is 0 Å². The quantitative estimate of drug-likeness (QED) is 0.926. The van der Waals surface area contributed by atoms with Gasteiger partial charge in [-0.1, -0.05) is 24.3 Å². The second-order valence-corrected chi connectivity index (χ2v) is 6.76. The van der Waals surface area contributed by atoms with Gasteiger partial charge in [0.25, 0.3) is 0 Å². The minimum Gasteiger partial charge on any atom is -0.352 e. The molecule has 5 heteroatoms. The first kappa shape index (κ1) is 16.7. The molecule has 1 aromatic rings. The molecule has 0 saturated carbocycles. The lowest BCUT2D eigenvalue weighted by Crippen LogP contribution is -2.47. The number of nitrogens with zero attached hydrogens (tertiary/aromatic N) is 2. The molecule has 0 aromatic heterocycles. The van der Waals surface area contributed by atoms with Crippen LogP contribution >= 0.6 is 0 Å². The average Bonchev–Trinajstić information content (AvgIpc) is 2.54. The van der Waals surface area contributed by atoms with Crippen LogP contribution in [0.25, 0.3) is 6.08 Å². The van der Waals surface area contributed by atoms with Gasteiger partial charge in [-0.05, 0) is 43.6 Å². The largest absolute Gasteiger partial charge is 0.352 e. The maximum Gasteiger partial charge on any atom is 0.223 e. The maximum absolute atomic E-state index is 12.6. The number of hydrogen-bond acceptors (Lipinski definition) is 3. The van der Waals surface area contributed by atoms with E-state index in [-0.39, 0.29) is 23.9 Å². The summed E-state index contributed by atoms with van der Waals surface area (Å²) in [6.07, 6.45) is 6.14. The number of likely N-dealkylation sites (N-methyl/N-ethyl adjacent to an activating group) is 1. The summed E-state index contributed by atoms with van der Waals surface area (Å²) in [5.74, 6) is -0.0346. The summed E-state index contributed by atoms with van der Waals surface area (Å²) in [6, 6.07) is 7.92. The first-order valence-corrected chi connectivity index (χ1v) is 8.58. The van der Waals surface area contributed by atoms with Crippen LogP contribution in [0.2, 0.25) is 0 Å². The van der Waals surface area contributed by atoms with Crippen LogP contribution in [0.3, 0.4) is 0 Å². The Morgan fingerprint density at radius 3 is 2.83 bits per heavy atom. The Hall–Kier alpha value is -2.14. The minimum atomic E-state index is -0.231. The van der Waals surface area contributed by atoms with E-state index in [1.165, 1.54) is 0 Å². The van der Waals surface area contributed by atoms with Gasteiger partial charge >= 0.3 is 0 Å². The van der Waals surface area contributed by atoms with Gasteiger partial charge in [0.1, 0.15) is 0 Å². The summed E-state index contributed by atoms with van der Waals surface area (Å²) in [6.45, 7) is 3.52. The molecule has 2 amide bonds. The normalized spacial score (nSPS) is 23.7. The number of fused-ring (bicyclic) bond motifs is 1. The highest BCUT2D eigenvalue weighted by molar-refractivity contribution is 5.82. The summed E-state index contributed by atoms with van der Waals surface area (Å²) in [5, 5.41) is 3.14. The highest BCUT2D eigenvalue weighted by Gasteiger charge is 2.29. The molecular weight excluding hydrogens is 302 g/mol. The molecule has 0 spiro atoms. The first-order valence-electron chi connectivity index (χ1n) is 8.58. The summed E-state index contributed by atoms with van der Waals surface area (Å²) in [5.41, 5.74) is 2.11. The molecule has 2 heterocycles. The fraction of sp³-hybridized carbons (Fsp3) is 0.474. The number of hydrogen-bond donors (Lipinski definition) is 1. The van der Waals surface area contributed by atoms with Gasteiger partial charge in [-0.3, -0.25) is 9.59 Å². The molecule has 2 atom stereocenters. The van der Waals surface area contributed by atoms with Gasteiger partial charge in [0, 0.05) is 25.7 Å². The van der Waals surface area contributed by atoms with E-state index in [0.29, 0.717) is 6.42 Å². The summed E-state index contributed by atoms with van der Waals surface area (Å²) in [7, 11) is 2.08. The summed E-state index contributed by atoms with van der Waals surface area (Å²) >= 11 is 0. The molecule has 1 aromatic carbocycles. The molecule has 0 bridgehead atoms. The van der Waals surface area contributed by atoms with E-state index in [1.807, 2.05) is 30.3 Å². The molecule has 3 rings (SSSR count). The molecule has 0 aliphatic carbocycles. The fourth-order valence-corrected chi connectivity index (χ4v) is 3.66. The predicted molar refractivity (Wildman–Crippen MR) is 94.0 cm³/mol. The molecule has 2 aliphatic heterocycles. The lowest BCUT2D eigenvalue weighted by Gasteiger charge is -2.34. The second kappa shape index (κ2) is 7.18. The zero-order valence-electron chi connectivity index (χ0n) is 14.4. The summed E-state index contributed by atoms with van der Waals surface area (Å²) < 4.78 is 0. The molecule has 1 fully saturated rings. The second-order valence-electron chi connectivity index (χ2n) is 6.76. The van der Waals surface area contributed by atoms with Crippen molar-refractivity contribution in [1.82, 2.24) is 15.1 Å². The van der Waals surface area contributed by atoms with Gasteiger partial charge < -0.3 is 15.1 Å². The Bertz CT molecular complexity index is 656. The minimum absolute atomic E-state index is 0.0108. The molecule has 5 nitrogen and oxygen atoms in total. The van der Waals surface area contributed by atoms with Crippen molar-refractivity contribution in [3.8, 4) is 0 Å². The van der Waals surface area contributed by atoms with Gasteiger partial charge in [-0.25, -0.2) is 0 Å². The van der Waals surface area contributed by atoms with Crippen molar-refractivity contribution in [2.75, 3.05) is 20.1 Å². The van der Waals surface area contributed by atoms with E-state index in [0.717, 1.165) is 37.1 Å². The van der Waals surface area contributed by atoms with Crippen LogP contribution in [0.5, 0.6) is 0 Å². The van der Waals surface area contributed by atoms with E-state index < -0.39 is 0 Å². The summed E-state index contributed by atoms with van der Waals surface area (Å²) in [4.78, 5) is 28.4. The molecule has 24 heavy (non-hydrogen) atoms. The Labute approximate surface area is 143 Å². The van der Waals surface area contributed by atoms with Crippen molar-refractivity contribution in [2.24, 2.45) is 0 Å². The van der Waals surface area contributed by atoms with Crippen LogP contribution in [0.15, 0.2) is 30.5 Å². The average molecular weight is 327 g/mol. The molecule has 0 radical (unpaired) electrons. The number of amides is 2. The van der Waals surface area contributed by atoms with Crippen LogP contribution < -0.4 is 5.32 Å². The van der Waals surface area contributed by atoms with Crippen molar-refractivity contribution in [1.29, 1.82) is 0 Å². The Balaban J connectivity index is 1.72. The monoisotopic (exact) mass is 327 g/mol. The van der Waals surface area contributed by atoms with E-state index >= 15 is 0 Å². The van der Waals surface area contributed by atoms with E-state index in [9.17, 15) is 9.59 Å². The first-order chi connectivity index (χ1) is 11.5. The van der Waals surface area contributed by atoms with Crippen LogP contribution in [-0.2, 0) is 9.59 Å². The van der Waals surface area contributed by atoms with Crippen LogP contribution in [0, 0.1) is 0 Å². The van der Waals surface area contributed by atoms with Crippen LogP contribution in [-0.4, -0.2) is 47.8 Å². The van der Waals surface area contributed by atoms with Gasteiger partial charge in [0.05, 0.1) is 12.5 Å². The van der Waals surface area contributed by atoms with Crippen LogP contribution in [0.4, 0.5) is 0 Å². The third-order valence-corrected chi connectivity index (χ3v) is 4.84. The molecule has 128 valence electrons. The molecule has 1 saturated heterocycles. The van der Waals surface area contributed by atoms with Crippen molar-refractivity contribution in [2.45, 2.75) is 38.3 Å². The number of carbonyl (C=O) groups is 2. The molecule has 2 aliphatic rings. The lowest BCUT2D eigenvalue weighted by atomic mass is 9.93. The Kier molecular flexibility index (Phi) is 5.00. The number of rotatable bonds is 3. The Morgan fingerprint density at radius 1 is 1.29 bits per heavy atom. The van der Waals surface area contributed by atoms with Gasteiger partial charge in [-0.2, -0.15) is 0 Å². The molecular formula is C19H25N3O2. The zero-order chi connectivity index (χ0) is 17.1. The van der Waals surface area contributed by atoms with Gasteiger partial charge in [0.15, 0.2) is 0 Å². The topological polar surface area (TPSA) is 52.7 Å². The zero-order valence-corrected chi connectivity index (χ0v) is 14.4. The predicted octanol–water partition coefficient (Wildman–Crippen LogP) is 2.16. The van der Waals surface area contributed by atoms with E-state index in [4.69, 9.17) is 0 Å². The highest BCUT2D eigenvalue weighted by atomic mass is 16.2. The highest BCUT2D eigenvalue weighted by Crippen LogP contribution is 2.32. The molecule has 1 N–H and O–H groups in total. The molecule has 0 unspecified atom stereocenters. The third-order valence-electron chi connectivity index (χ3n) is 4.84. The Morgan fingerprint density at radius 2 is 2.08 bits per heavy atom. The van der Waals surface area contributed by atoms with Crippen molar-refractivity contribution in [3.05, 3.63) is 41.6 Å². The number of piperidine rings is 1. The van der Waals surface area contributed by atoms with Gasteiger partial charge in [0.2, 0.25) is 11.8 Å². The van der Waals surface area contributed by atoms with Crippen LogP contribution in [0.1, 0.15) is 43.4 Å². The van der Waals surface area contributed by atoms with Crippen molar-refractivity contribution >= 4 is 17.9 Å². The van der Waals surface area contributed by atoms with Crippen molar-refractivity contribution < 1.29 is 9.59 Å². The van der Waals surface area contributed by atoms with Gasteiger partial charge in [-0.15, -0.1) is 0 Å². The van der Waals surface area contributed by atoms with E-state index in [2.05, 4.69) is 17.3 Å². The fourth-order valence-electron chi connectivity index (χ4n) is 3.66. The number of benzene rings is 1.